The Morgan fingerprint density at radius 2 is 1.73 bits per heavy atom. The number of pyridine rings is 1. The van der Waals surface area contributed by atoms with Crippen LogP contribution in [0.15, 0.2) is 48.5 Å². The van der Waals surface area contributed by atoms with Gasteiger partial charge in [-0.25, -0.2) is 4.98 Å². The van der Waals surface area contributed by atoms with E-state index in [1.54, 1.807) is 0 Å². The molecule has 4 rings (SSSR count). The van der Waals surface area contributed by atoms with E-state index in [4.69, 9.17) is 4.98 Å². The molecule has 1 aliphatic carbocycles. The van der Waals surface area contributed by atoms with E-state index in [0.717, 1.165) is 23.0 Å². The normalized spacial score (nSPS) is 21.4. The molecule has 1 aromatic heterocycles. The predicted octanol–water partition coefficient (Wildman–Crippen LogP) is 6.15. The van der Waals surface area contributed by atoms with E-state index < -0.39 is 0 Å². The standard InChI is InChI=1S/C26H31N3O/c1-16-12-17(2)14-20(13-16)27-25-15-22(21-9-5-6-10-24(21)28-25)26(30)29-23-11-7-8-18(3)19(23)4/h5-6,9-10,12-15,18-19,23H,7-8,11H2,1-4H3,(H,27,28)(H,29,30)/t18-,19-,23-/m1/s1. The summed E-state index contributed by atoms with van der Waals surface area (Å²) in [4.78, 5) is 18.1. The van der Waals surface area contributed by atoms with Gasteiger partial charge in [0.25, 0.3) is 5.91 Å². The van der Waals surface area contributed by atoms with Crippen LogP contribution in [0.2, 0.25) is 0 Å². The molecule has 0 unspecified atom stereocenters. The minimum absolute atomic E-state index is 0.0111. The summed E-state index contributed by atoms with van der Waals surface area (Å²) in [6.07, 6.45) is 3.47. The fraction of sp³-hybridized carbons (Fsp3) is 0.385. The first-order valence-corrected chi connectivity index (χ1v) is 11.0. The summed E-state index contributed by atoms with van der Waals surface area (Å²) in [6.45, 7) is 8.71. The number of carbonyl (C=O) groups excluding carboxylic acids is 1. The van der Waals surface area contributed by atoms with E-state index in [1.165, 1.54) is 24.0 Å². The number of nitrogens with one attached hydrogen (secondary N) is 2. The molecular formula is C26H31N3O. The Hall–Kier alpha value is -2.88. The highest BCUT2D eigenvalue weighted by molar-refractivity contribution is 6.07. The largest absolute Gasteiger partial charge is 0.349 e. The van der Waals surface area contributed by atoms with Crippen molar-refractivity contribution < 1.29 is 4.79 Å². The number of anilines is 2. The zero-order chi connectivity index (χ0) is 21.3. The highest BCUT2D eigenvalue weighted by atomic mass is 16.1. The lowest BCUT2D eigenvalue weighted by Crippen LogP contribution is -2.43. The van der Waals surface area contributed by atoms with Crippen LogP contribution in [0.25, 0.3) is 10.9 Å². The van der Waals surface area contributed by atoms with Gasteiger partial charge in [-0.15, -0.1) is 0 Å². The average molecular weight is 402 g/mol. The second-order valence-corrected chi connectivity index (χ2v) is 8.92. The molecule has 1 aliphatic rings. The minimum Gasteiger partial charge on any atom is -0.349 e. The van der Waals surface area contributed by atoms with Crippen molar-refractivity contribution in [2.75, 3.05) is 5.32 Å². The average Bonchev–Trinajstić information content (AvgIpc) is 2.70. The van der Waals surface area contributed by atoms with Gasteiger partial charge in [0.2, 0.25) is 0 Å². The molecule has 2 N–H and O–H groups in total. The van der Waals surface area contributed by atoms with Crippen LogP contribution in [0.5, 0.6) is 0 Å². The van der Waals surface area contributed by atoms with Gasteiger partial charge in [0.1, 0.15) is 5.82 Å². The Balaban J connectivity index is 1.67. The van der Waals surface area contributed by atoms with Crippen LogP contribution in [-0.4, -0.2) is 16.9 Å². The van der Waals surface area contributed by atoms with E-state index >= 15 is 0 Å². The maximum Gasteiger partial charge on any atom is 0.252 e. The number of benzene rings is 2. The summed E-state index contributed by atoms with van der Waals surface area (Å²) in [6, 6.07) is 16.3. The molecule has 3 aromatic rings. The topological polar surface area (TPSA) is 54.0 Å². The van der Waals surface area contributed by atoms with Crippen molar-refractivity contribution in [3.63, 3.8) is 0 Å². The van der Waals surface area contributed by atoms with Crippen molar-refractivity contribution in [3.05, 3.63) is 65.2 Å². The minimum atomic E-state index is -0.0111. The fourth-order valence-corrected chi connectivity index (χ4v) is 4.65. The lowest BCUT2D eigenvalue weighted by Gasteiger charge is -2.34. The number of hydrogen-bond donors (Lipinski definition) is 2. The van der Waals surface area contributed by atoms with Crippen LogP contribution >= 0.6 is 0 Å². The Kier molecular flexibility index (Phi) is 5.76. The zero-order valence-corrected chi connectivity index (χ0v) is 18.3. The third-order valence-corrected chi connectivity index (χ3v) is 6.48. The molecule has 4 nitrogen and oxygen atoms in total. The van der Waals surface area contributed by atoms with Crippen LogP contribution in [0.4, 0.5) is 11.5 Å². The highest BCUT2D eigenvalue weighted by Crippen LogP contribution is 2.30. The molecule has 4 heteroatoms. The van der Waals surface area contributed by atoms with Crippen molar-refractivity contribution in [2.24, 2.45) is 11.8 Å². The first-order valence-electron chi connectivity index (χ1n) is 11.0. The molecule has 156 valence electrons. The molecule has 0 radical (unpaired) electrons. The third-order valence-electron chi connectivity index (χ3n) is 6.48. The first kappa shape index (κ1) is 20.4. The molecule has 30 heavy (non-hydrogen) atoms. The van der Waals surface area contributed by atoms with Crippen LogP contribution in [0, 0.1) is 25.7 Å². The van der Waals surface area contributed by atoms with Crippen molar-refractivity contribution in [1.29, 1.82) is 0 Å². The molecule has 1 saturated carbocycles. The number of amides is 1. The van der Waals surface area contributed by atoms with E-state index in [1.807, 2.05) is 30.3 Å². The smallest absolute Gasteiger partial charge is 0.252 e. The summed E-state index contributed by atoms with van der Waals surface area (Å²) in [5, 5.41) is 7.61. The number of nitrogens with zero attached hydrogens (tertiary/aromatic N) is 1. The number of aromatic nitrogens is 1. The molecule has 0 bridgehead atoms. The third kappa shape index (κ3) is 4.33. The number of aryl methyl sites for hydroxylation is 2. The summed E-state index contributed by atoms with van der Waals surface area (Å²) >= 11 is 0. The van der Waals surface area contributed by atoms with Gasteiger partial charge in [-0.1, -0.05) is 51.0 Å². The van der Waals surface area contributed by atoms with Gasteiger partial charge in [0.15, 0.2) is 0 Å². The molecule has 1 fully saturated rings. The van der Waals surface area contributed by atoms with Crippen LogP contribution in [0.1, 0.15) is 54.6 Å². The number of hydrogen-bond acceptors (Lipinski definition) is 3. The molecule has 3 atom stereocenters. The second-order valence-electron chi connectivity index (χ2n) is 8.92. The monoisotopic (exact) mass is 401 g/mol. The van der Waals surface area contributed by atoms with E-state index in [2.05, 4.69) is 56.5 Å². The maximum absolute atomic E-state index is 13.3. The van der Waals surface area contributed by atoms with Crippen LogP contribution in [-0.2, 0) is 0 Å². The maximum atomic E-state index is 13.3. The van der Waals surface area contributed by atoms with Crippen LogP contribution in [0.3, 0.4) is 0 Å². The van der Waals surface area contributed by atoms with E-state index in [0.29, 0.717) is 23.2 Å². The summed E-state index contributed by atoms with van der Waals surface area (Å²) in [5.74, 6) is 1.81. The number of para-hydroxylation sites is 1. The van der Waals surface area contributed by atoms with Gasteiger partial charge >= 0.3 is 0 Å². The summed E-state index contributed by atoms with van der Waals surface area (Å²) < 4.78 is 0. The quantitative estimate of drug-likeness (QED) is 0.551. The molecule has 1 amide bonds. The van der Waals surface area contributed by atoms with Crippen molar-refractivity contribution in [3.8, 4) is 0 Å². The van der Waals surface area contributed by atoms with Gasteiger partial charge in [0.05, 0.1) is 11.1 Å². The lowest BCUT2D eigenvalue weighted by atomic mass is 9.78. The van der Waals surface area contributed by atoms with Gasteiger partial charge in [-0.05, 0) is 67.5 Å². The Morgan fingerprint density at radius 1 is 1.00 bits per heavy atom. The number of rotatable bonds is 4. The Bertz CT molecular complexity index is 1050. The van der Waals surface area contributed by atoms with Crippen LogP contribution < -0.4 is 10.6 Å². The molecule has 0 spiro atoms. The van der Waals surface area contributed by atoms with E-state index in [9.17, 15) is 4.79 Å². The van der Waals surface area contributed by atoms with E-state index in [-0.39, 0.29) is 11.9 Å². The van der Waals surface area contributed by atoms with Gasteiger partial charge in [0, 0.05) is 17.1 Å². The SMILES string of the molecule is Cc1cc(C)cc(Nc2cc(C(=O)N[C@@H]3CCC[C@@H](C)[C@H]3C)c3ccccc3n2)c1. The van der Waals surface area contributed by atoms with Gasteiger partial charge in [-0.2, -0.15) is 0 Å². The van der Waals surface area contributed by atoms with Gasteiger partial charge in [-0.3, -0.25) is 4.79 Å². The first-order chi connectivity index (χ1) is 14.4. The summed E-state index contributed by atoms with van der Waals surface area (Å²) in [7, 11) is 0. The highest BCUT2D eigenvalue weighted by Gasteiger charge is 2.29. The lowest BCUT2D eigenvalue weighted by molar-refractivity contribution is 0.0892. The predicted molar refractivity (Wildman–Crippen MR) is 124 cm³/mol. The zero-order valence-electron chi connectivity index (χ0n) is 18.3. The molecule has 2 aromatic carbocycles. The number of carbonyl (C=O) groups is 1. The summed E-state index contributed by atoms with van der Waals surface area (Å²) in [5.41, 5.74) is 4.87. The number of fused-ring (bicyclic) bond motifs is 1. The van der Waals surface area contributed by atoms with Gasteiger partial charge < -0.3 is 10.6 Å². The fourth-order valence-electron chi connectivity index (χ4n) is 4.65. The molecular weight excluding hydrogens is 370 g/mol. The van der Waals surface area contributed by atoms with Crippen molar-refractivity contribution in [2.45, 2.75) is 53.0 Å². The second kappa shape index (κ2) is 8.47. The Morgan fingerprint density at radius 3 is 2.50 bits per heavy atom. The van der Waals surface area contributed by atoms with Crippen molar-refractivity contribution in [1.82, 2.24) is 10.3 Å². The Labute approximate surface area is 179 Å². The molecule has 0 aliphatic heterocycles. The molecule has 1 heterocycles. The molecule has 0 saturated heterocycles. The van der Waals surface area contributed by atoms with Crippen molar-refractivity contribution >= 4 is 28.3 Å².